The lowest BCUT2D eigenvalue weighted by Gasteiger charge is -2.24. The molecule has 0 spiro atoms. The standard InChI is InChI=1S/C17H25N3O/c1-14(2)20-11-3-4-15(9-12-20)19-16-5-7-17(8-6-16)21-13-10-18/h5-8,14-15,19H,3-4,9,11-13H2,1-2H3. The van der Waals surface area contributed by atoms with Crippen LogP contribution in [0.25, 0.3) is 0 Å². The van der Waals surface area contributed by atoms with Crippen LogP contribution in [0.2, 0.25) is 0 Å². The topological polar surface area (TPSA) is 48.3 Å². The Bertz CT molecular complexity index is 464. The van der Waals surface area contributed by atoms with Crippen molar-refractivity contribution in [2.45, 2.75) is 45.2 Å². The van der Waals surface area contributed by atoms with E-state index in [0.29, 0.717) is 12.1 Å². The number of hydrogen-bond acceptors (Lipinski definition) is 4. The first kappa shape index (κ1) is 15.7. The maximum absolute atomic E-state index is 8.49. The molecule has 1 atom stereocenters. The first-order valence-corrected chi connectivity index (χ1v) is 7.79. The molecular weight excluding hydrogens is 262 g/mol. The van der Waals surface area contributed by atoms with Crippen LogP contribution in [0.3, 0.4) is 0 Å². The van der Waals surface area contributed by atoms with E-state index in [1.54, 1.807) is 0 Å². The molecule has 1 unspecified atom stereocenters. The van der Waals surface area contributed by atoms with Crippen molar-refractivity contribution in [2.24, 2.45) is 0 Å². The summed E-state index contributed by atoms with van der Waals surface area (Å²) in [6.45, 7) is 7.01. The van der Waals surface area contributed by atoms with Crippen LogP contribution in [-0.2, 0) is 0 Å². The van der Waals surface area contributed by atoms with Crippen LogP contribution in [0.1, 0.15) is 33.1 Å². The Morgan fingerprint density at radius 2 is 2.05 bits per heavy atom. The number of rotatable bonds is 5. The molecule has 0 amide bonds. The lowest BCUT2D eigenvalue weighted by molar-refractivity contribution is 0.230. The molecule has 114 valence electrons. The maximum atomic E-state index is 8.49. The summed E-state index contributed by atoms with van der Waals surface area (Å²) < 4.78 is 5.26. The predicted molar refractivity (Wildman–Crippen MR) is 85.5 cm³/mol. The maximum Gasteiger partial charge on any atom is 0.174 e. The molecule has 1 saturated heterocycles. The van der Waals surface area contributed by atoms with Crippen molar-refractivity contribution in [3.8, 4) is 11.8 Å². The highest BCUT2D eigenvalue weighted by atomic mass is 16.5. The zero-order valence-corrected chi connectivity index (χ0v) is 13.0. The van der Waals surface area contributed by atoms with E-state index in [9.17, 15) is 0 Å². The van der Waals surface area contributed by atoms with Crippen LogP contribution < -0.4 is 10.1 Å². The van der Waals surface area contributed by atoms with Gasteiger partial charge in [0.15, 0.2) is 6.61 Å². The molecule has 1 aromatic rings. The van der Waals surface area contributed by atoms with Gasteiger partial charge in [0.25, 0.3) is 0 Å². The van der Waals surface area contributed by atoms with Crippen LogP contribution in [-0.4, -0.2) is 36.7 Å². The van der Waals surface area contributed by atoms with Crippen molar-refractivity contribution in [2.75, 3.05) is 25.0 Å². The van der Waals surface area contributed by atoms with Gasteiger partial charge in [-0.15, -0.1) is 0 Å². The van der Waals surface area contributed by atoms with E-state index in [1.165, 1.54) is 32.4 Å². The Kier molecular flexibility index (Phi) is 5.89. The molecule has 1 N–H and O–H groups in total. The molecule has 1 aromatic carbocycles. The van der Waals surface area contributed by atoms with Gasteiger partial charge < -0.3 is 15.0 Å². The second-order valence-electron chi connectivity index (χ2n) is 5.87. The van der Waals surface area contributed by atoms with Gasteiger partial charge in [-0.2, -0.15) is 5.26 Å². The molecule has 1 aliphatic rings. The smallest absolute Gasteiger partial charge is 0.174 e. The van der Waals surface area contributed by atoms with Crippen molar-refractivity contribution >= 4 is 5.69 Å². The van der Waals surface area contributed by atoms with E-state index >= 15 is 0 Å². The molecule has 21 heavy (non-hydrogen) atoms. The van der Waals surface area contributed by atoms with Gasteiger partial charge in [0.05, 0.1) is 0 Å². The third-order valence-electron chi connectivity index (χ3n) is 4.02. The van der Waals surface area contributed by atoms with Gasteiger partial charge in [-0.25, -0.2) is 0 Å². The second kappa shape index (κ2) is 7.90. The average Bonchev–Trinajstić information content (AvgIpc) is 2.72. The minimum Gasteiger partial charge on any atom is -0.479 e. The number of nitrogens with one attached hydrogen (secondary N) is 1. The molecule has 0 radical (unpaired) electrons. The van der Waals surface area contributed by atoms with Gasteiger partial charge in [-0.3, -0.25) is 0 Å². The normalized spacial score (nSPS) is 19.8. The van der Waals surface area contributed by atoms with Crippen molar-refractivity contribution < 1.29 is 4.74 Å². The van der Waals surface area contributed by atoms with Crippen molar-refractivity contribution in [1.82, 2.24) is 4.90 Å². The quantitative estimate of drug-likeness (QED) is 0.903. The second-order valence-corrected chi connectivity index (χ2v) is 5.87. The number of nitriles is 1. The third kappa shape index (κ3) is 4.95. The third-order valence-corrected chi connectivity index (χ3v) is 4.02. The predicted octanol–water partition coefficient (Wildman–Crippen LogP) is 3.26. The van der Waals surface area contributed by atoms with E-state index in [-0.39, 0.29) is 6.61 Å². The fourth-order valence-electron chi connectivity index (χ4n) is 2.78. The van der Waals surface area contributed by atoms with Gasteiger partial charge >= 0.3 is 0 Å². The van der Waals surface area contributed by atoms with E-state index in [1.807, 2.05) is 30.3 Å². The monoisotopic (exact) mass is 287 g/mol. The Hall–Kier alpha value is -1.73. The van der Waals surface area contributed by atoms with Gasteiger partial charge in [0.2, 0.25) is 0 Å². The fraction of sp³-hybridized carbons (Fsp3) is 0.588. The highest BCUT2D eigenvalue weighted by molar-refractivity contribution is 5.47. The summed E-state index contributed by atoms with van der Waals surface area (Å²) in [6.07, 6.45) is 3.65. The zero-order chi connectivity index (χ0) is 15.1. The molecule has 0 aromatic heterocycles. The molecule has 4 heteroatoms. The minimum absolute atomic E-state index is 0.0977. The first-order chi connectivity index (χ1) is 10.2. The molecule has 0 saturated carbocycles. The molecule has 1 fully saturated rings. The molecular formula is C17H25N3O. The van der Waals surface area contributed by atoms with Gasteiger partial charge in [-0.05, 0) is 63.9 Å². The summed E-state index contributed by atoms with van der Waals surface area (Å²) >= 11 is 0. The van der Waals surface area contributed by atoms with Gasteiger partial charge in [0.1, 0.15) is 11.8 Å². The van der Waals surface area contributed by atoms with Crippen molar-refractivity contribution in [3.05, 3.63) is 24.3 Å². The SMILES string of the molecule is CC(C)N1CCCC(Nc2ccc(OCC#N)cc2)CC1. The van der Waals surface area contributed by atoms with Crippen molar-refractivity contribution in [3.63, 3.8) is 0 Å². The molecule has 1 heterocycles. The molecule has 0 bridgehead atoms. The highest BCUT2D eigenvalue weighted by Gasteiger charge is 2.18. The number of likely N-dealkylation sites (tertiary alicyclic amines) is 1. The summed E-state index contributed by atoms with van der Waals surface area (Å²) in [5, 5.41) is 12.1. The summed E-state index contributed by atoms with van der Waals surface area (Å²) in [6, 6.07) is 11.0. The lowest BCUT2D eigenvalue weighted by Crippen LogP contribution is -2.32. The Balaban J connectivity index is 1.85. The van der Waals surface area contributed by atoms with Gasteiger partial charge in [-0.1, -0.05) is 0 Å². The van der Waals surface area contributed by atoms with Crippen LogP contribution in [0.15, 0.2) is 24.3 Å². The molecule has 1 aliphatic heterocycles. The number of anilines is 1. The van der Waals surface area contributed by atoms with Gasteiger partial charge in [0, 0.05) is 24.3 Å². The van der Waals surface area contributed by atoms with Crippen LogP contribution in [0, 0.1) is 11.3 Å². The van der Waals surface area contributed by atoms with Crippen LogP contribution in [0.4, 0.5) is 5.69 Å². The summed E-state index contributed by atoms with van der Waals surface area (Å²) in [5.74, 6) is 0.744. The lowest BCUT2D eigenvalue weighted by atomic mass is 10.1. The Morgan fingerprint density at radius 1 is 1.29 bits per heavy atom. The number of benzene rings is 1. The van der Waals surface area contributed by atoms with E-state index < -0.39 is 0 Å². The van der Waals surface area contributed by atoms with Crippen LogP contribution in [0.5, 0.6) is 5.75 Å². The molecule has 0 aliphatic carbocycles. The number of hydrogen-bond donors (Lipinski definition) is 1. The summed E-state index contributed by atoms with van der Waals surface area (Å²) in [5.41, 5.74) is 1.13. The average molecular weight is 287 g/mol. The van der Waals surface area contributed by atoms with E-state index in [4.69, 9.17) is 10.00 Å². The largest absolute Gasteiger partial charge is 0.479 e. The van der Waals surface area contributed by atoms with Crippen molar-refractivity contribution in [1.29, 1.82) is 5.26 Å². The van der Waals surface area contributed by atoms with E-state index in [2.05, 4.69) is 24.1 Å². The number of ether oxygens (including phenoxy) is 1. The first-order valence-electron chi connectivity index (χ1n) is 7.79. The highest BCUT2D eigenvalue weighted by Crippen LogP contribution is 2.20. The Labute approximate surface area is 127 Å². The summed E-state index contributed by atoms with van der Waals surface area (Å²) in [7, 11) is 0. The van der Waals surface area contributed by atoms with Crippen LogP contribution >= 0.6 is 0 Å². The summed E-state index contributed by atoms with van der Waals surface area (Å²) in [4.78, 5) is 2.56. The molecule has 4 nitrogen and oxygen atoms in total. The van der Waals surface area contributed by atoms with E-state index in [0.717, 1.165) is 11.4 Å². The molecule has 2 rings (SSSR count). The number of nitrogens with zero attached hydrogens (tertiary/aromatic N) is 2. The fourth-order valence-corrected chi connectivity index (χ4v) is 2.78. The zero-order valence-electron chi connectivity index (χ0n) is 13.0. The Morgan fingerprint density at radius 3 is 2.71 bits per heavy atom. The minimum atomic E-state index is 0.0977.